The number of hydrogen-bond donors (Lipinski definition) is 1. The average Bonchev–Trinajstić information content (AvgIpc) is 3.57. The Hall–Kier alpha value is -3.04. The molecule has 1 amide bonds. The molecule has 3 saturated heterocycles. The van der Waals surface area contributed by atoms with Gasteiger partial charge in [0.25, 0.3) is 5.91 Å². The molecular weight excluding hydrogens is 458 g/mol. The van der Waals surface area contributed by atoms with Gasteiger partial charge in [-0.2, -0.15) is 5.10 Å². The second kappa shape index (κ2) is 8.81. The number of benzene rings is 1. The summed E-state index contributed by atoms with van der Waals surface area (Å²) in [5.74, 6) is 6.53. The lowest BCUT2D eigenvalue weighted by Gasteiger charge is -2.40. The minimum absolute atomic E-state index is 0.0555. The molecule has 4 aliphatic heterocycles. The largest absolute Gasteiger partial charge is 0.484 e. The highest BCUT2D eigenvalue weighted by molar-refractivity contribution is 6.32. The first-order chi connectivity index (χ1) is 17.4. The third kappa shape index (κ3) is 3.94. The first-order valence-corrected chi connectivity index (χ1v) is 12.8. The van der Waals surface area contributed by atoms with Crippen LogP contribution in [0.1, 0.15) is 50.7 Å². The summed E-state index contributed by atoms with van der Waals surface area (Å²) in [6.45, 7) is 6.85. The summed E-state index contributed by atoms with van der Waals surface area (Å²) in [5, 5.41) is 5.05. The third-order valence-corrected chi connectivity index (χ3v) is 8.02. The van der Waals surface area contributed by atoms with E-state index in [1.807, 2.05) is 36.2 Å². The smallest absolute Gasteiger partial charge is 0.254 e. The van der Waals surface area contributed by atoms with E-state index in [1.54, 1.807) is 6.21 Å². The minimum atomic E-state index is -0.556. The quantitative estimate of drug-likeness (QED) is 0.378. The lowest BCUT2D eigenvalue weighted by atomic mass is 9.67. The molecule has 2 N–H and O–H groups in total. The Morgan fingerprint density at radius 3 is 2.92 bits per heavy atom. The van der Waals surface area contributed by atoms with E-state index >= 15 is 0 Å². The van der Waals surface area contributed by atoms with E-state index in [1.165, 1.54) is 5.56 Å². The van der Waals surface area contributed by atoms with Crippen LogP contribution in [0.2, 0.25) is 0 Å². The molecule has 4 fully saturated rings. The summed E-state index contributed by atoms with van der Waals surface area (Å²) in [7, 11) is 0. The molecule has 1 aliphatic carbocycles. The lowest BCUT2D eigenvalue weighted by molar-refractivity contribution is -0.142. The summed E-state index contributed by atoms with van der Waals surface area (Å²) >= 11 is 0. The van der Waals surface area contributed by atoms with Crippen LogP contribution >= 0.6 is 0 Å². The number of pyridine rings is 1. The Bertz CT molecular complexity index is 1250. The molecular formula is C27H33N5O4. The molecule has 1 aromatic carbocycles. The second-order valence-electron chi connectivity index (χ2n) is 10.8. The number of aliphatic imine (C=N–C) groups is 1. The summed E-state index contributed by atoms with van der Waals surface area (Å²) < 4.78 is 18.0. The monoisotopic (exact) mass is 491 g/mol. The number of aromatic nitrogens is 1. The number of nitrogens with two attached hydrogens (primary N) is 1. The van der Waals surface area contributed by atoms with Crippen LogP contribution in [-0.4, -0.2) is 70.8 Å². The van der Waals surface area contributed by atoms with Crippen LogP contribution in [0.25, 0.3) is 10.9 Å². The van der Waals surface area contributed by atoms with Gasteiger partial charge >= 0.3 is 0 Å². The van der Waals surface area contributed by atoms with Crippen molar-refractivity contribution in [3.05, 3.63) is 35.5 Å². The molecule has 2 unspecified atom stereocenters. The molecule has 9 nitrogen and oxygen atoms in total. The van der Waals surface area contributed by atoms with Crippen molar-refractivity contribution < 1.29 is 19.0 Å². The van der Waals surface area contributed by atoms with Crippen LogP contribution in [0.3, 0.4) is 0 Å². The third-order valence-electron chi connectivity index (χ3n) is 8.02. The predicted octanol–water partition coefficient (Wildman–Crippen LogP) is 2.77. The molecule has 2 aromatic rings. The fourth-order valence-corrected chi connectivity index (χ4v) is 6.27. The number of fused-ring (bicyclic) bond motifs is 4. The SMILES string of the molecule is CC(Oc1ccc2ncc3c(c2c1)CCOC3)/C(C=NC12CC(C)(C1)OC2C(=O)N1CCCC1)=N/N. The summed E-state index contributed by atoms with van der Waals surface area (Å²) in [5.41, 5.74) is 2.99. The standard InChI is InChI=1S/C27H33N5O4/c1-17(35-19-5-6-22-21(11-19)20-7-10-34-14-18(20)12-29-22)23(31-28)13-30-27-15-26(2,16-27)36-24(27)25(33)32-8-3-4-9-32/h5-6,11-13,17,24H,3-4,7-10,14-16,28H2,1-2H3/b30-13?,31-23+. The zero-order valence-electron chi connectivity index (χ0n) is 20.9. The molecule has 190 valence electrons. The Balaban J connectivity index is 1.19. The lowest BCUT2D eigenvalue weighted by Crippen LogP contribution is -2.52. The van der Waals surface area contributed by atoms with Crippen LogP contribution in [-0.2, 0) is 27.3 Å². The van der Waals surface area contributed by atoms with E-state index in [4.69, 9.17) is 25.0 Å². The van der Waals surface area contributed by atoms with Crippen molar-refractivity contribution in [1.29, 1.82) is 0 Å². The molecule has 5 heterocycles. The van der Waals surface area contributed by atoms with Gasteiger partial charge in [0, 0.05) is 43.7 Å². The maximum atomic E-state index is 13.2. The molecule has 1 saturated carbocycles. The Kier molecular flexibility index (Phi) is 5.72. The van der Waals surface area contributed by atoms with E-state index in [-0.39, 0.29) is 11.5 Å². The molecule has 0 spiro atoms. The average molecular weight is 492 g/mol. The van der Waals surface area contributed by atoms with Gasteiger partial charge in [-0.15, -0.1) is 0 Å². The molecule has 0 radical (unpaired) electrons. The van der Waals surface area contributed by atoms with Crippen molar-refractivity contribution in [3.8, 4) is 5.75 Å². The first kappa shape index (κ1) is 23.4. The number of rotatable bonds is 6. The van der Waals surface area contributed by atoms with E-state index in [9.17, 15) is 4.79 Å². The first-order valence-electron chi connectivity index (χ1n) is 12.8. The van der Waals surface area contributed by atoms with Crippen LogP contribution < -0.4 is 10.6 Å². The number of carbonyl (C=O) groups is 1. The van der Waals surface area contributed by atoms with E-state index < -0.39 is 17.7 Å². The summed E-state index contributed by atoms with van der Waals surface area (Å²) in [6.07, 6.45) is 7.00. The number of amides is 1. The fourth-order valence-electron chi connectivity index (χ4n) is 6.27. The van der Waals surface area contributed by atoms with Crippen LogP contribution in [0.15, 0.2) is 34.5 Å². The number of ether oxygens (including phenoxy) is 3. The zero-order valence-corrected chi connectivity index (χ0v) is 20.9. The summed E-state index contributed by atoms with van der Waals surface area (Å²) in [6, 6.07) is 5.91. The number of nitrogens with zero attached hydrogens (tertiary/aromatic N) is 4. The molecule has 1 aromatic heterocycles. The minimum Gasteiger partial charge on any atom is -0.484 e. The van der Waals surface area contributed by atoms with Crippen molar-refractivity contribution in [2.24, 2.45) is 15.9 Å². The highest BCUT2D eigenvalue weighted by atomic mass is 16.5. The van der Waals surface area contributed by atoms with Gasteiger partial charge in [0.15, 0.2) is 6.10 Å². The maximum absolute atomic E-state index is 13.2. The zero-order chi connectivity index (χ0) is 24.9. The van der Waals surface area contributed by atoms with Crippen molar-refractivity contribution >= 4 is 28.7 Å². The Morgan fingerprint density at radius 1 is 1.33 bits per heavy atom. The summed E-state index contributed by atoms with van der Waals surface area (Å²) in [4.78, 5) is 24.5. The van der Waals surface area contributed by atoms with Gasteiger partial charge in [0.1, 0.15) is 23.1 Å². The number of hydrazone groups is 1. The maximum Gasteiger partial charge on any atom is 0.254 e. The Labute approximate surface area is 210 Å². The van der Waals surface area contributed by atoms with E-state index in [0.29, 0.717) is 24.7 Å². The van der Waals surface area contributed by atoms with Gasteiger partial charge in [0.2, 0.25) is 0 Å². The molecule has 5 aliphatic rings. The second-order valence-corrected chi connectivity index (χ2v) is 10.8. The fraction of sp³-hybridized carbons (Fsp3) is 0.556. The molecule has 9 heteroatoms. The van der Waals surface area contributed by atoms with Gasteiger partial charge in [-0.1, -0.05) is 0 Å². The van der Waals surface area contributed by atoms with Gasteiger partial charge in [-0.25, -0.2) is 0 Å². The Morgan fingerprint density at radius 2 is 2.14 bits per heavy atom. The normalized spacial score (nSPS) is 30.4. The predicted molar refractivity (Wildman–Crippen MR) is 136 cm³/mol. The molecule has 2 atom stereocenters. The van der Waals surface area contributed by atoms with Gasteiger partial charge in [-0.05, 0) is 62.4 Å². The topological polar surface area (TPSA) is 112 Å². The molecule has 2 bridgehead atoms. The van der Waals surface area contributed by atoms with Crippen LogP contribution in [0.5, 0.6) is 5.75 Å². The van der Waals surface area contributed by atoms with Gasteiger partial charge in [0.05, 0.1) is 24.3 Å². The molecule has 7 rings (SSSR count). The van der Waals surface area contributed by atoms with Crippen LogP contribution in [0, 0.1) is 0 Å². The van der Waals surface area contributed by atoms with Crippen LogP contribution in [0.4, 0.5) is 0 Å². The van der Waals surface area contributed by atoms with E-state index in [2.05, 4.69) is 17.0 Å². The highest BCUT2D eigenvalue weighted by Crippen LogP contribution is 2.57. The van der Waals surface area contributed by atoms with Crippen molar-refractivity contribution in [1.82, 2.24) is 9.88 Å². The van der Waals surface area contributed by atoms with E-state index in [0.717, 1.165) is 61.7 Å². The number of hydrogen-bond acceptors (Lipinski definition) is 8. The van der Waals surface area contributed by atoms with Crippen molar-refractivity contribution in [3.63, 3.8) is 0 Å². The molecule has 36 heavy (non-hydrogen) atoms. The number of likely N-dealkylation sites (tertiary alicyclic amines) is 1. The highest BCUT2D eigenvalue weighted by Gasteiger charge is 2.68. The number of carbonyl (C=O) groups excluding carboxylic acids is 1. The van der Waals surface area contributed by atoms with Crippen molar-refractivity contribution in [2.75, 3.05) is 19.7 Å². The van der Waals surface area contributed by atoms with Gasteiger partial charge in [-0.3, -0.25) is 14.8 Å². The van der Waals surface area contributed by atoms with Crippen molar-refractivity contribution in [2.45, 2.75) is 75.9 Å². The van der Waals surface area contributed by atoms with Gasteiger partial charge < -0.3 is 25.0 Å².